The normalized spacial score (nSPS) is 11.9. The van der Waals surface area contributed by atoms with E-state index in [9.17, 15) is 14.7 Å². The van der Waals surface area contributed by atoms with E-state index >= 15 is 0 Å². The second-order valence-electron chi connectivity index (χ2n) is 7.59. The molecule has 0 spiro atoms. The Morgan fingerprint density at radius 2 is 1.62 bits per heavy atom. The Bertz CT molecular complexity index is 1260. The first-order chi connectivity index (χ1) is 15.6. The average Bonchev–Trinajstić information content (AvgIpc) is 2.82. The van der Waals surface area contributed by atoms with E-state index in [0.29, 0.717) is 30.3 Å². The molecule has 7 heteroatoms. The number of nitrogens with zero attached hydrogens (tertiary/aromatic N) is 3. The van der Waals surface area contributed by atoms with Crippen LogP contribution in [0, 0.1) is 0 Å². The monoisotopic (exact) mass is 428 g/mol. The number of aryl methyl sites for hydroxylation is 1. The molecule has 1 unspecified atom stereocenters. The van der Waals surface area contributed by atoms with E-state index in [-0.39, 0.29) is 12.1 Å². The molecule has 0 saturated carbocycles. The number of carbonyl (C=O) groups excluding carboxylic acids is 1. The van der Waals surface area contributed by atoms with E-state index in [1.165, 1.54) is 0 Å². The van der Waals surface area contributed by atoms with Gasteiger partial charge in [0.1, 0.15) is 12.8 Å². The van der Waals surface area contributed by atoms with E-state index in [2.05, 4.69) is 15.4 Å². The fourth-order valence-electron chi connectivity index (χ4n) is 3.62. The summed E-state index contributed by atoms with van der Waals surface area (Å²) in [5.41, 5.74) is 2.44. The summed E-state index contributed by atoms with van der Waals surface area (Å²) in [5, 5.41) is 18.5. The molecule has 0 aliphatic rings. The van der Waals surface area contributed by atoms with Gasteiger partial charge in [-0.1, -0.05) is 48.5 Å². The van der Waals surface area contributed by atoms with Gasteiger partial charge in [0.05, 0.1) is 11.1 Å². The molecule has 4 aromatic rings. The molecule has 1 atom stereocenters. The number of amides is 1. The topological polar surface area (TPSA) is 97.1 Å². The Labute approximate surface area is 185 Å². The van der Waals surface area contributed by atoms with Crippen LogP contribution in [0.15, 0.2) is 83.9 Å². The molecule has 7 nitrogen and oxygen atoms in total. The summed E-state index contributed by atoms with van der Waals surface area (Å²) in [4.78, 5) is 29.5. The van der Waals surface area contributed by atoms with Crippen molar-refractivity contribution in [3.63, 3.8) is 0 Å². The lowest BCUT2D eigenvalue weighted by Gasteiger charge is -2.14. The van der Waals surface area contributed by atoms with Gasteiger partial charge in [-0.05, 0) is 42.2 Å². The van der Waals surface area contributed by atoms with Gasteiger partial charge in [0, 0.05) is 24.2 Å². The standard InChI is InChI=1S/C25H24N4O3/c30-23(11-10-18-6-2-1-3-7-18)27-24(31)17-29-25(32)21-9-5-4-8-20(21)22(28-29)16-19-12-14-26-15-13-19/h1-9,12-15,23,30H,10-11,16-17H2,(H,27,31). The number of hydrogen-bond donors (Lipinski definition) is 2. The summed E-state index contributed by atoms with van der Waals surface area (Å²) < 4.78 is 1.16. The number of rotatable bonds is 8. The van der Waals surface area contributed by atoms with Crippen LogP contribution in [0.3, 0.4) is 0 Å². The fraction of sp³-hybridized carbons (Fsp3) is 0.200. The molecule has 32 heavy (non-hydrogen) atoms. The van der Waals surface area contributed by atoms with Crippen LogP contribution in [0.25, 0.3) is 10.8 Å². The Morgan fingerprint density at radius 3 is 2.38 bits per heavy atom. The van der Waals surface area contributed by atoms with Crippen molar-refractivity contribution in [2.45, 2.75) is 32.0 Å². The second kappa shape index (κ2) is 9.98. The molecular weight excluding hydrogens is 404 g/mol. The Kier molecular flexibility index (Phi) is 6.67. The minimum Gasteiger partial charge on any atom is -0.374 e. The van der Waals surface area contributed by atoms with Crippen LogP contribution in [0.4, 0.5) is 0 Å². The maximum Gasteiger partial charge on any atom is 0.275 e. The van der Waals surface area contributed by atoms with Gasteiger partial charge in [-0.3, -0.25) is 14.6 Å². The van der Waals surface area contributed by atoms with Gasteiger partial charge in [0.15, 0.2) is 0 Å². The van der Waals surface area contributed by atoms with Gasteiger partial charge in [0.25, 0.3) is 5.56 Å². The van der Waals surface area contributed by atoms with Crippen molar-refractivity contribution in [2.24, 2.45) is 0 Å². The number of benzene rings is 2. The minimum absolute atomic E-state index is 0.268. The van der Waals surface area contributed by atoms with Crippen LogP contribution >= 0.6 is 0 Å². The maximum atomic E-state index is 12.9. The largest absolute Gasteiger partial charge is 0.374 e. The van der Waals surface area contributed by atoms with Crippen molar-refractivity contribution in [2.75, 3.05) is 0 Å². The molecule has 0 saturated heterocycles. The lowest BCUT2D eigenvalue weighted by atomic mass is 10.1. The third-order valence-electron chi connectivity index (χ3n) is 5.24. The lowest BCUT2D eigenvalue weighted by Crippen LogP contribution is -2.40. The first-order valence-corrected chi connectivity index (χ1v) is 10.5. The van der Waals surface area contributed by atoms with Crippen LogP contribution in [0.5, 0.6) is 0 Å². The zero-order valence-electron chi connectivity index (χ0n) is 17.5. The Morgan fingerprint density at radius 1 is 0.938 bits per heavy atom. The van der Waals surface area contributed by atoms with Crippen LogP contribution in [-0.2, 0) is 24.2 Å². The van der Waals surface area contributed by atoms with E-state index in [1.54, 1.807) is 24.5 Å². The van der Waals surface area contributed by atoms with Crippen LogP contribution < -0.4 is 10.9 Å². The molecule has 2 heterocycles. The quantitative estimate of drug-likeness (QED) is 0.420. The first-order valence-electron chi connectivity index (χ1n) is 10.5. The third-order valence-corrected chi connectivity index (χ3v) is 5.24. The van der Waals surface area contributed by atoms with Crippen molar-refractivity contribution in [1.82, 2.24) is 20.1 Å². The molecule has 2 N–H and O–H groups in total. The summed E-state index contributed by atoms with van der Waals surface area (Å²) >= 11 is 0. The number of aliphatic hydroxyl groups excluding tert-OH is 1. The average molecular weight is 428 g/mol. The van der Waals surface area contributed by atoms with Gasteiger partial charge in [-0.25, -0.2) is 4.68 Å². The maximum absolute atomic E-state index is 12.9. The second-order valence-corrected chi connectivity index (χ2v) is 7.59. The van der Waals surface area contributed by atoms with Crippen molar-refractivity contribution < 1.29 is 9.90 Å². The number of carbonyl (C=O) groups is 1. The van der Waals surface area contributed by atoms with E-state index in [1.807, 2.05) is 54.6 Å². The van der Waals surface area contributed by atoms with Crippen molar-refractivity contribution in [1.29, 1.82) is 0 Å². The molecule has 1 amide bonds. The highest BCUT2D eigenvalue weighted by Gasteiger charge is 2.15. The minimum atomic E-state index is -1.00. The molecule has 2 aromatic heterocycles. The molecule has 0 fully saturated rings. The molecule has 0 aliphatic heterocycles. The van der Waals surface area contributed by atoms with Gasteiger partial charge in [0.2, 0.25) is 5.91 Å². The van der Waals surface area contributed by atoms with Crippen molar-refractivity contribution in [3.8, 4) is 0 Å². The van der Waals surface area contributed by atoms with E-state index < -0.39 is 12.1 Å². The molecule has 0 bridgehead atoms. The lowest BCUT2D eigenvalue weighted by molar-refractivity contribution is -0.125. The van der Waals surface area contributed by atoms with Crippen LogP contribution in [0.2, 0.25) is 0 Å². The summed E-state index contributed by atoms with van der Waals surface area (Å²) in [6.07, 6.45) is 3.92. The molecule has 2 aromatic carbocycles. The molecule has 4 rings (SSSR count). The number of aliphatic hydroxyl groups is 1. The zero-order valence-corrected chi connectivity index (χ0v) is 17.5. The SMILES string of the molecule is O=C(Cn1nc(Cc2ccncc2)c2ccccc2c1=O)NC(O)CCc1ccccc1. The highest BCUT2D eigenvalue weighted by Crippen LogP contribution is 2.16. The number of hydrogen-bond acceptors (Lipinski definition) is 5. The molecule has 162 valence electrons. The fourth-order valence-corrected chi connectivity index (χ4v) is 3.62. The Hall–Kier alpha value is -3.84. The summed E-state index contributed by atoms with van der Waals surface area (Å²) in [6.45, 7) is -0.268. The number of nitrogens with one attached hydrogen (secondary N) is 1. The molecular formula is C25H24N4O3. The van der Waals surface area contributed by atoms with E-state index in [0.717, 1.165) is 21.2 Å². The number of fused-ring (bicyclic) bond motifs is 1. The number of pyridine rings is 1. The van der Waals surface area contributed by atoms with Crippen LogP contribution in [-0.4, -0.2) is 32.0 Å². The predicted molar refractivity (Wildman–Crippen MR) is 122 cm³/mol. The molecule has 0 radical (unpaired) electrons. The summed E-state index contributed by atoms with van der Waals surface area (Å²) in [6, 6.07) is 20.8. The smallest absolute Gasteiger partial charge is 0.275 e. The Balaban J connectivity index is 1.50. The van der Waals surface area contributed by atoms with Crippen molar-refractivity contribution >= 4 is 16.7 Å². The van der Waals surface area contributed by atoms with Gasteiger partial charge >= 0.3 is 0 Å². The summed E-state index contributed by atoms with van der Waals surface area (Å²) in [7, 11) is 0. The van der Waals surface area contributed by atoms with Gasteiger partial charge in [-0.2, -0.15) is 5.10 Å². The van der Waals surface area contributed by atoms with Crippen molar-refractivity contribution in [3.05, 3.63) is 106 Å². The predicted octanol–water partition coefficient (Wildman–Crippen LogP) is 2.45. The van der Waals surface area contributed by atoms with Gasteiger partial charge in [-0.15, -0.1) is 0 Å². The highest BCUT2D eigenvalue weighted by atomic mass is 16.3. The first kappa shape index (κ1) is 21.4. The summed E-state index contributed by atoms with van der Waals surface area (Å²) in [5.74, 6) is -0.467. The van der Waals surface area contributed by atoms with E-state index in [4.69, 9.17) is 0 Å². The highest BCUT2D eigenvalue weighted by molar-refractivity contribution is 5.84. The molecule has 0 aliphatic carbocycles. The third kappa shape index (κ3) is 5.25. The van der Waals surface area contributed by atoms with Gasteiger partial charge < -0.3 is 10.4 Å². The van der Waals surface area contributed by atoms with Crippen LogP contribution in [0.1, 0.15) is 23.2 Å². The zero-order chi connectivity index (χ0) is 22.3. The number of aromatic nitrogens is 3.